The molecule has 21 heavy (non-hydrogen) atoms. The second kappa shape index (κ2) is 5.83. The lowest BCUT2D eigenvalue weighted by Gasteiger charge is -2.24. The number of fused-ring (bicyclic) bond motifs is 1. The molecular weight excluding hydrogens is 274 g/mol. The van der Waals surface area contributed by atoms with Gasteiger partial charge in [0.05, 0.1) is 13.2 Å². The fourth-order valence-electron chi connectivity index (χ4n) is 2.28. The lowest BCUT2D eigenvalue weighted by Crippen LogP contribution is -2.33. The summed E-state index contributed by atoms with van der Waals surface area (Å²) < 4.78 is 15.1. The minimum atomic E-state index is -1.39. The van der Waals surface area contributed by atoms with Crippen molar-refractivity contribution in [1.29, 1.82) is 5.26 Å². The summed E-state index contributed by atoms with van der Waals surface area (Å²) in [6.45, 7) is 1.45. The summed E-state index contributed by atoms with van der Waals surface area (Å²) in [5.74, 6) is 0.276. The fourth-order valence-corrected chi connectivity index (χ4v) is 2.28. The Bertz CT molecular complexity index is 619. The van der Waals surface area contributed by atoms with Crippen LogP contribution in [0.4, 0.5) is 0 Å². The maximum Gasteiger partial charge on any atom is 0.305 e. The summed E-state index contributed by atoms with van der Waals surface area (Å²) in [4.78, 5) is 23.4. The highest BCUT2D eigenvalue weighted by atomic mass is 16.7. The number of methoxy groups -OCH3 is 1. The summed E-state index contributed by atoms with van der Waals surface area (Å²) in [7, 11) is 1.27. The predicted molar refractivity (Wildman–Crippen MR) is 71.8 cm³/mol. The highest BCUT2D eigenvalue weighted by molar-refractivity contribution is 5.92. The van der Waals surface area contributed by atoms with Crippen molar-refractivity contribution in [2.45, 2.75) is 25.2 Å². The molecule has 1 heterocycles. The van der Waals surface area contributed by atoms with E-state index < -0.39 is 11.4 Å². The van der Waals surface area contributed by atoms with Gasteiger partial charge in [0.25, 0.3) is 0 Å². The second-order valence-corrected chi connectivity index (χ2v) is 4.72. The van der Waals surface area contributed by atoms with Gasteiger partial charge in [0.15, 0.2) is 17.3 Å². The molecule has 6 heteroatoms. The second-order valence-electron chi connectivity index (χ2n) is 4.72. The number of Topliss-reactive ketones (excluding diaryl/α,β-unsaturated/α-hetero) is 1. The van der Waals surface area contributed by atoms with Gasteiger partial charge in [-0.1, -0.05) is 6.07 Å². The van der Waals surface area contributed by atoms with Crippen molar-refractivity contribution in [2.75, 3.05) is 13.9 Å². The maximum absolute atomic E-state index is 12.1. The van der Waals surface area contributed by atoms with Crippen molar-refractivity contribution in [3.63, 3.8) is 0 Å². The molecule has 0 spiro atoms. The van der Waals surface area contributed by atoms with Crippen LogP contribution in [0.3, 0.4) is 0 Å². The number of nitriles is 1. The number of carbonyl (C=O) groups excluding carboxylic acids is 2. The van der Waals surface area contributed by atoms with Crippen LogP contribution >= 0.6 is 0 Å². The highest BCUT2D eigenvalue weighted by Gasteiger charge is 2.39. The van der Waals surface area contributed by atoms with Crippen molar-refractivity contribution >= 4 is 11.8 Å². The number of benzene rings is 1. The Balaban J connectivity index is 2.38. The minimum absolute atomic E-state index is 0.0158. The minimum Gasteiger partial charge on any atom is -0.469 e. The number of nitrogens with zero attached hydrogens (tertiary/aromatic N) is 1. The Hall–Kier alpha value is -2.55. The van der Waals surface area contributed by atoms with E-state index in [0.29, 0.717) is 17.1 Å². The number of hydrogen-bond donors (Lipinski definition) is 0. The van der Waals surface area contributed by atoms with Gasteiger partial charge in [-0.2, -0.15) is 5.26 Å². The van der Waals surface area contributed by atoms with Crippen LogP contribution < -0.4 is 9.47 Å². The standard InChI is InChI=1S/C15H15NO5/c1-10(17)15(8-16,6-5-14(18)19-2)11-3-4-12-13(7-11)21-9-20-12/h3-4,7H,5-6,9H2,1-2H3/t15-/m1/s1. The molecule has 1 aromatic carbocycles. The first-order valence-electron chi connectivity index (χ1n) is 6.42. The Kier molecular flexibility index (Phi) is 4.13. The molecule has 1 aliphatic rings. The van der Waals surface area contributed by atoms with Gasteiger partial charge in [-0.3, -0.25) is 9.59 Å². The van der Waals surface area contributed by atoms with Crippen molar-refractivity contribution in [2.24, 2.45) is 0 Å². The van der Waals surface area contributed by atoms with E-state index in [0.717, 1.165) is 0 Å². The first-order valence-corrected chi connectivity index (χ1v) is 6.42. The van der Waals surface area contributed by atoms with E-state index in [4.69, 9.17) is 9.47 Å². The average molecular weight is 289 g/mol. The lowest BCUT2D eigenvalue weighted by atomic mass is 9.75. The molecule has 0 N–H and O–H groups in total. The van der Waals surface area contributed by atoms with Crippen molar-refractivity contribution < 1.29 is 23.8 Å². The van der Waals surface area contributed by atoms with Gasteiger partial charge in [-0.25, -0.2) is 0 Å². The smallest absolute Gasteiger partial charge is 0.305 e. The Morgan fingerprint density at radius 1 is 1.38 bits per heavy atom. The van der Waals surface area contributed by atoms with Crippen LogP contribution in [-0.2, 0) is 19.7 Å². The number of ether oxygens (including phenoxy) is 3. The molecule has 6 nitrogen and oxygen atoms in total. The van der Waals surface area contributed by atoms with E-state index in [-0.39, 0.29) is 25.4 Å². The fraction of sp³-hybridized carbons (Fsp3) is 0.400. The van der Waals surface area contributed by atoms with Crippen molar-refractivity contribution in [1.82, 2.24) is 0 Å². The first kappa shape index (κ1) is 14.9. The molecule has 0 saturated heterocycles. The van der Waals surface area contributed by atoms with Gasteiger partial charge in [0.1, 0.15) is 5.41 Å². The topological polar surface area (TPSA) is 85.6 Å². The zero-order chi connectivity index (χ0) is 15.5. The van der Waals surface area contributed by atoms with E-state index >= 15 is 0 Å². The normalized spacial score (nSPS) is 14.9. The Morgan fingerprint density at radius 2 is 2.10 bits per heavy atom. The van der Waals surface area contributed by atoms with Crippen LogP contribution in [0, 0.1) is 11.3 Å². The van der Waals surface area contributed by atoms with E-state index in [1.807, 2.05) is 6.07 Å². The van der Waals surface area contributed by atoms with Crippen LogP contribution in [0.15, 0.2) is 18.2 Å². The predicted octanol–water partition coefficient (Wildman–Crippen LogP) is 1.72. The van der Waals surface area contributed by atoms with Crippen LogP contribution in [0.25, 0.3) is 0 Å². The maximum atomic E-state index is 12.1. The van der Waals surface area contributed by atoms with Crippen molar-refractivity contribution in [3.05, 3.63) is 23.8 Å². The zero-order valence-corrected chi connectivity index (χ0v) is 11.8. The monoisotopic (exact) mass is 289 g/mol. The summed E-state index contributed by atoms with van der Waals surface area (Å²) >= 11 is 0. The average Bonchev–Trinajstić information content (AvgIpc) is 2.95. The molecule has 0 saturated carbocycles. The molecule has 0 amide bonds. The summed E-state index contributed by atoms with van der Waals surface area (Å²) in [6.07, 6.45) is 0.0449. The molecule has 110 valence electrons. The third-order valence-corrected chi connectivity index (χ3v) is 3.59. The molecule has 2 rings (SSSR count). The van der Waals surface area contributed by atoms with Crippen LogP contribution in [0.5, 0.6) is 11.5 Å². The molecule has 0 aliphatic carbocycles. The number of ketones is 1. The van der Waals surface area contributed by atoms with Gasteiger partial charge in [-0.15, -0.1) is 0 Å². The molecule has 0 fully saturated rings. The molecule has 0 aromatic heterocycles. The Labute approximate surface area is 122 Å². The van der Waals surface area contributed by atoms with E-state index in [9.17, 15) is 14.9 Å². The van der Waals surface area contributed by atoms with Crippen LogP contribution in [0.2, 0.25) is 0 Å². The van der Waals surface area contributed by atoms with E-state index in [1.54, 1.807) is 18.2 Å². The van der Waals surface area contributed by atoms with Crippen LogP contribution in [-0.4, -0.2) is 25.7 Å². The SMILES string of the molecule is COC(=O)CC[C@@](C#N)(C(C)=O)c1ccc2c(c1)OCO2. The molecule has 0 bridgehead atoms. The zero-order valence-electron chi connectivity index (χ0n) is 11.8. The van der Waals surface area contributed by atoms with Crippen LogP contribution in [0.1, 0.15) is 25.3 Å². The summed E-state index contributed by atoms with van der Waals surface area (Å²) in [6, 6.07) is 6.97. The Morgan fingerprint density at radius 3 is 2.71 bits per heavy atom. The van der Waals surface area contributed by atoms with Gasteiger partial charge in [0.2, 0.25) is 6.79 Å². The molecule has 0 radical (unpaired) electrons. The largest absolute Gasteiger partial charge is 0.469 e. The van der Waals surface area contributed by atoms with E-state index in [2.05, 4.69) is 4.74 Å². The highest BCUT2D eigenvalue weighted by Crippen LogP contribution is 2.38. The summed E-state index contributed by atoms with van der Waals surface area (Å²) in [5, 5.41) is 9.54. The van der Waals surface area contributed by atoms with E-state index in [1.165, 1.54) is 14.0 Å². The quantitative estimate of drug-likeness (QED) is 0.767. The number of carbonyl (C=O) groups is 2. The molecule has 1 aliphatic heterocycles. The van der Waals surface area contributed by atoms with Gasteiger partial charge >= 0.3 is 5.97 Å². The molecular formula is C15H15NO5. The number of hydrogen-bond acceptors (Lipinski definition) is 6. The van der Waals surface area contributed by atoms with Gasteiger partial charge < -0.3 is 14.2 Å². The lowest BCUT2D eigenvalue weighted by molar-refractivity contribution is -0.141. The third-order valence-electron chi connectivity index (χ3n) is 3.59. The number of esters is 1. The summed E-state index contributed by atoms with van der Waals surface area (Å²) in [5.41, 5.74) is -0.902. The third kappa shape index (κ3) is 2.68. The molecule has 1 atom stereocenters. The van der Waals surface area contributed by atoms with Gasteiger partial charge in [0, 0.05) is 6.42 Å². The van der Waals surface area contributed by atoms with Crippen molar-refractivity contribution in [3.8, 4) is 17.6 Å². The molecule has 1 aromatic rings. The first-order chi connectivity index (χ1) is 10.0. The molecule has 0 unspecified atom stereocenters. The van der Waals surface area contributed by atoms with Gasteiger partial charge in [-0.05, 0) is 31.0 Å². The number of rotatable bonds is 5.